The zero-order valence-corrected chi connectivity index (χ0v) is 9.42. The van der Waals surface area contributed by atoms with E-state index in [9.17, 15) is 8.42 Å². The number of aryl methyl sites for hydroxylation is 1. The molecular formula is C8H8N2O3S2. The topological polar surface area (TPSA) is 72.2 Å². The molecule has 2 heterocycles. The SMILES string of the molecule is Cn1cncc1-c1ccc(S(=O)(=O)O)s1. The van der Waals surface area contributed by atoms with Crippen LogP contribution < -0.4 is 0 Å². The molecule has 0 radical (unpaired) electrons. The van der Waals surface area contributed by atoms with Gasteiger partial charge in [0.25, 0.3) is 0 Å². The summed E-state index contributed by atoms with van der Waals surface area (Å²) >= 11 is 1.01. The highest BCUT2D eigenvalue weighted by Gasteiger charge is 2.14. The molecular weight excluding hydrogens is 236 g/mol. The van der Waals surface area contributed by atoms with E-state index in [0.717, 1.165) is 21.9 Å². The summed E-state index contributed by atoms with van der Waals surface area (Å²) in [6, 6.07) is 3.02. The Morgan fingerprint density at radius 3 is 2.67 bits per heavy atom. The summed E-state index contributed by atoms with van der Waals surface area (Å²) < 4.78 is 32.2. The average molecular weight is 244 g/mol. The van der Waals surface area contributed by atoms with Crippen LogP contribution in [0.1, 0.15) is 0 Å². The minimum Gasteiger partial charge on any atom is -0.333 e. The molecule has 0 saturated heterocycles. The highest BCUT2D eigenvalue weighted by molar-refractivity contribution is 7.88. The Morgan fingerprint density at radius 2 is 2.20 bits per heavy atom. The quantitative estimate of drug-likeness (QED) is 0.810. The Balaban J connectivity index is 2.50. The highest BCUT2D eigenvalue weighted by atomic mass is 32.3. The first-order chi connectivity index (χ1) is 6.98. The largest absolute Gasteiger partial charge is 0.333 e. The molecule has 1 N–H and O–H groups in total. The van der Waals surface area contributed by atoms with Crippen LogP contribution in [0.4, 0.5) is 0 Å². The van der Waals surface area contributed by atoms with Crippen LogP contribution in [0.5, 0.6) is 0 Å². The van der Waals surface area contributed by atoms with Crippen molar-refractivity contribution in [2.45, 2.75) is 4.21 Å². The predicted octanol–water partition coefficient (Wildman–Crippen LogP) is 1.40. The standard InChI is InChI=1S/C8H8N2O3S2/c1-10-5-9-4-6(10)7-2-3-8(14-7)15(11,12)13/h2-5H,1H3,(H,11,12,13). The normalized spacial score (nSPS) is 11.9. The first-order valence-electron chi connectivity index (χ1n) is 4.02. The molecule has 0 spiro atoms. The average Bonchev–Trinajstić information content (AvgIpc) is 2.69. The van der Waals surface area contributed by atoms with E-state index in [1.54, 1.807) is 23.2 Å². The van der Waals surface area contributed by atoms with E-state index in [2.05, 4.69) is 4.98 Å². The van der Waals surface area contributed by atoms with Gasteiger partial charge in [-0.15, -0.1) is 11.3 Å². The predicted molar refractivity (Wildman–Crippen MR) is 56.3 cm³/mol. The summed E-state index contributed by atoms with van der Waals surface area (Å²) in [7, 11) is -2.28. The molecule has 2 aromatic rings. The maximum atomic E-state index is 10.8. The molecule has 0 atom stereocenters. The van der Waals surface area contributed by atoms with Crippen molar-refractivity contribution in [2.24, 2.45) is 7.05 Å². The zero-order valence-electron chi connectivity index (χ0n) is 7.78. The van der Waals surface area contributed by atoms with Crippen molar-refractivity contribution in [1.29, 1.82) is 0 Å². The van der Waals surface area contributed by atoms with Gasteiger partial charge >= 0.3 is 10.1 Å². The van der Waals surface area contributed by atoms with E-state index >= 15 is 0 Å². The van der Waals surface area contributed by atoms with Gasteiger partial charge in [-0.2, -0.15) is 8.42 Å². The first kappa shape index (κ1) is 10.3. The molecule has 0 aliphatic rings. The summed E-state index contributed by atoms with van der Waals surface area (Å²) in [4.78, 5) is 4.68. The summed E-state index contributed by atoms with van der Waals surface area (Å²) in [5.74, 6) is 0. The third kappa shape index (κ3) is 1.94. The number of imidazole rings is 1. The number of hydrogen-bond donors (Lipinski definition) is 1. The van der Waals surface area contributed by atoms with Crippen molar-refractivity contribution in [3.05, 3.63) is 24.7 Å². The fourth-order valence-electron chi connectivity index (χ4n) is 1.19. The van der Waals surface area contributed by atoms with Gasteiger partial charge in [-0.3, -0.25) is 4.55 Å². The Hall–Kier alpha value is -1.18. The highest BCUT2D eigenvalue weighted by Crippen LogP contribution is 2.29. The second kappa shape index (κ2) is 3.44. The third-order valence-electron chi connectivity index (χ3n) is 1.90. The molecule has 2 rings (SSSR count). The Bertz CT molecular complexity index is 583. The van der Waals surface area contributed by atoms with Crippen molar-refractivity contribution < 1.29 is 13.0 Å². The van der Waals surface area contributed by atoms with Crippen molar-refractivity contribution in [2.75, 3.05) is 0 Å². The van der Waals surface area contributed by atoms with Gasteiger partial charge < -0.3 is 4.57 Å². The van der Waals surface area contributed by atoms with E-state index in [1.807, 2.05) is 7.05 Å². The van der Waals surface area contributed by atoms with Gasteiger partial charge in [-0.25, -0.2) is 4.98 Å². The second-order valence-corrected chi connectivity index (χ2v) is 5.72. The van der Waals surface area contributed by atoms with Gasteiger partial charge in [0.05, 0.1) is 23.1 Å². The molecule has 0 aliphatic heterocycles. The van der Waals surface area contributed by atoms with E-state index in [1.165, 1.54) is 6.07 Å². The van der Waals surface area contributed by atoms with Gasteiger partial charge in [0.15, 0.2) is 0 Å². The molecule has 0 aromatic carbocycles. The lowest BCUT2D eigenvalue weighted by Crippen LogP contribution is -1.93. The summed E-state index contributed by atoms with van der Waals surface area (Å²) in [6.07, 6.45) is 3.27. The molecule has 7 heteroatoms. The molecule has 15 heavy (non-hydrogen) atoms. The fourth-order valence-corrected chi connectivity index (χ4v) is 2.91. The monoisotopic (exact) mass is 244 g/mol. The van der Waals surface area contributed by atoms with Gasteiger partial charge in [0.2, 0.25) is 0 Å². The lowest BCUT2D eigenvalue weighted by Gasteiger charge is -1.96. The minimum atomic E-state index is -4.10. The Kier molecular flexibility index (Phi) is 2.37. The number of nitrogens with zero attached hydrogens (tertiary/aromatic N) is 2. The minimum absolute atomic E-state index is 0.0568. The van der Waals surface area contributed by atoms with E-state index < -0.39 is 10.1 Å². The van der Waals surface area contributed by atoms with Crippen LogP contribution in [0.3, 0.4) is 0 Å². The van der Waals surface area contributed by atoms with Crippen molar-refractivity contribution in [3.8, 4) is 10.6 Å². The fraction of sp³-hybridized carbons (Fsp3) is 0.125. The molecule has 0 unspecified atom stereocenters. The lowest BCUT2D eigenvalue weighted by molar-refractivity contribution is 0.485. The van der Waals surface area contributed by atoms with Crippen LogP contribution in [-0.4, -0.2) is 22.5 Å². The maximum absolute atomic E-state index is 10.8. The van der Waals surface area contributed by atoms with Crippen LogP contribution in [0, 0.1) is 0 Å². The second-order valence-electron chi connectivity index (χ2n) is 2.98. The van der Waals surface area contributed by atoms with Crippen molar-refractivity contribution in [1.82, 2.24) is 9.55 Å². The van der Waals surface area contributed by atoms with Gasteiger partial charge in [-0.1, -0.05) is 0 Å². The van der Waals surface area contributed by atoms with E-state index in [4.69, 9.17) is 4.55 Å². The van der Waals surface area contributed by atoms with Gasteiger partial charge in [-0.05, 0) is 12.1 Å². The van der Waals surface area contributed by atoms with Crippen LogP contribution in [0.15, 0.2) is 28.9 Å². The Morgan fingerprint density at radius 1 is 1.47 bits per heavy atom. The van der Waals surface area contributed by atoms with Crippen LogP contribution in [0.2, 0.25) is 0 Å². The summed E-state index contributed by atoms with van der Waals surface area (Å²) in [5.41, 5.74) is 0.815. The number of thiophene rings is 1. The molecule has 0 amide bonds. The number of hydrogen-bond acceptors (Lipinski definition) is 4. The maximum Gasteiger partial charge on any atom is 0.304 e. The Labute approximate surface area is 90.8 Å². The molecule has 2 aromatic heterocycles. The number of aromatic nitrogens is 2. The first-order valence-corrected chi connectivity index (χ1v) is 6.28. The van der Waals surface area contributed by atoms with Crippen molar-refractivity contribution in [3.63, 3.8) is 0 Å². The van der Waals surface area contributed by atoms with Gasteiger partial charge in [0, 0.05) is 7.05 Å². The summed E-state index contributed by atoms with van der Waals surface area (Å²) in [5, 5.41) is 0. The molecule has 0 bridgehead atoms. The van der Waals surface area contributed by atoms with Crippen LogP contribution in [0.25, 0.3) is 10.6 Å². The van der Waals surface area contributed by atoms with E-state index in [-0.39, 0.29) is 4.21 Å². The molecule has 5 nitrogen and oxygen atoms in total. The van der Waals surface area contributed by atoms with Gasteiger partial charge in [0.1, 0.15) is 4.21 Å². The molecule has 0 fully saturated rings. The van der Waals surface area contributed by atoms with E-state index in [0.29, 0.717) is 0 Å². The van der Waals surface area contributed by atoms with Crippen molar-refractivity contribution >= 4 is 21.5 Å². The lowest BCUT2D eigenvalue weighted by atomic mass is 10.4. The molecule has 0 aliphatic carbocycles. The third-order valence-corrected chi connectivity index (χ3v) is 4.33. The molecule has 80 valence electrons. The summed E-state index contributed by atoms with van der Waals surface area (Å²) in [6.45, 7) is 0. The smallest absolute Gasteiger partial charge is 0.304 e. The van der Waals surface area contributed by atoms with Crippen LogP contribution in [-0.2, 0) is 17.2 Å². The van der Waals surface area contributed by atoms with Crippen LogP contribution >= 0.6 is 11.3 Å². The zero-order chi connectivity index (χ0) is 11.1. The molecule has 0 saturated carbocycles. The number of rotatable bonds is 2.